The molecule has 3 heteroatoms. The summed E-state index contributed by atoms with van der Waals surface area (Å²) in [7, 11) is 0. The van der Waals surface area contributed by atoms with E-state index in [-0.39, 0.29) is 0 Å². The summed E-state index contributed by atoms with van der Waals surface area (Å²) in [6, 6.07) is 2.95. The fraction of sp³-hybridized carbons (Fsp3) is 0.733. The second kappa shape index (κ2) is 5.26. The van der Waals surface area contributed by atoms with Gasteiger partial charge in [0.2, 0.25) is 0 Å². The maximum Gasteiger partial charge on any atom is 0.0704 e. The molecule has 2 aliphatic carbocycles. The van der Waals surface area contributed by atoms with E-state index in [1.807, 2.05) is 11.3 Å². The summed E-state index contributed by atoms with van der Waals surface area (Å²) < 4.78 is 1.28. The zero-order valence-electron chi connectivity index (χ0n) is 11.2. The van der Waals surface area contributed by atoms with E-state index in [1.165, 1.54) is 34.3 Å². The number of hydrogen-bond donors (Lipinski definition) is 1. The van der Waals surface area contributed by atoms with Crippen LogP contribution >= 0.6 is 27.3 Å². The second-order valence-corrected chi connectivity index (χ2v) is 8.49. The Hall–Kier alpha value is 0.140. The first-order valence-corrected chi connectivity index (χ1v) is 8.81. The van der Waals surface area contributed by atoms with Crippen LogP contribution in [-0.2, 0) is 0 Å². The summed E-state index contributed by atoms with van der Waals surface area (Å²) >= 11 is 5.53. The lowest BCUT2D eigenvalue weighted by atomic mass is 9.85. The average molecular weight is 328 g/mol. The second-order valence-electron chi connectivity index (χ2n) is 5.85. The average Bonchev–Trinajstić information content (AvgIpc) is 3.20. The highest BCUT2D eigenvalue weighted by molar-refractivity contribution is 9.11. The lowest BCUT2D eigenvalue weighted by molar-refractivity contribution is 0.291. The van der Waals surface area contributed by atoms with E-state index in [1.54, 1.807) is 5.56 Å². The normalized spacial score (nSPS) is 21.6. The molecule has 1 N–H and O–H groups in total. The summed E-state index contributed by atoms with van der Waals surface area (Å²) in [5, 5.41) is 3.78. The fourth-order valence-electron chi connectivity index (χ4n) is 3.33. The van der Waals surface area contributed by atoms with E-state index in [0.717, 1.165) is 24.3 Å². The Morgan fingerprint density at radius 3 is 2.33 bits per heavy atom. The Labute approximate surface area is 122 Å². The van der Waals surface area contributed by atoms with E-state index in [0.29, 0.717) is 6.04 Å². The molecule has 100 valence electrons. The van der Waals surface area contributed by atoms with Gasteiger partial charge in [-0.25, -0.2) is 0 Å². The van der Waals surface area contributed by atoms with Gasteiger partial charge in [0.05, 0.1) is 3.79 Å². The standard InChI is InChI=1S/C15H22BrNS/c1-3-17-15(12-8-13(16)18-9(12)2)14(10-4-5-10)11-6-7-11/h8,10-11,14-15,17H,3-7H2,1-2H3. The predicted octanol–water partition coefficient (Wildman–Crippen LogP) is 4.91. The molecule has 2 aliphatic rings. The molecule has 1 unspecified atom stereocenters. The van der Waals surface area contributed by atoms with Crippen molar-refractivity contribution in [1.82, 2.24) is 5.32 Å². The van der Waals surface area contributed by atoms with Crippen LogP contribution in [0, 0.1) is 24.7 Å². The van der Waals surface area contributed by atoms with Gasteiger partial charge in [-0.05, 0) is 84.5 Å². The van der Waals surface area contributed by atoms with Crippen LogP contribution in [0.15, 0.2) is 9.85 Å². The van der Waals surface area contributed by atoms with Gasteiger partial charge in [0, 0.05) is 10.9 Å². The zero-order valence-corrected chi connectivity index (χ0v) is 13.6. The van der Waals surface area contributed by atoms with Gasteiger partial charge in [0.1, 0.15) is 0 Å². The third-order valence-corrected chi connectivity index (χ3v) is 5.97. The number of hydrogen-bond acceptors (Lipinski definition) is 2. The van der Waals surface area contributed by atoms with Crippen LogP contribution in [0.3, 0.4) is 0 Å². The molecule has 1 atom stereocenters. The molecular weight excluding hydrogens is 306 g/mol. The number of thiophene rings is 1. The molecule has 0 aliphatic heterocycles. The molecule has 3 rings (SSSR count). The van der Waals surface area contributed by atoms with Crippen LogP contribution in [-0.4, -0.2) is 6.54 Å². The highest BCUT2D eigenvalue weighted by Crippen LogP contribution is 2.54. The first-order chi connectivity index (χ1) is 8.70. The lowest BCUT2D eigenvalue weighted by Crippen LogP contribution is -2.30. The quantitative estimate of drug-likeness (QED) is 0.783. The van der Waals surface area contributed by atoms with Gasteiger partial charge in [-0.3, -0.25) is 0 Å². The van der Waals surface area contributed by atoms with Crippen molar-refractivity contribution in [2.24, 2.45) is 17.8 Å². The maximum atomic E-state index is 3.78. The number of rotatable bonds is 6. The zero-order chi connectivity index (χ0) is 12.7. The Morgan fingerprint density at radius 1 is 1.33 bits per heavy atom. The summed E-state index contributed by atoms with van der Waals surface area (Å²) in [6.45, 7) is 5.58. The van der Waals surface area contributed by atoms with Crippen molar-refractivity contribution < 1.29 is 0 Å². The minimum absolute atomic E-state index is 0.595. The molecule has 0 saturated heterocycles. The molecule has 1 heterocycles. The predicted molar refractivity (Wildman–Crippen MR) is 82.1 cm³/mol. The van der Waals surface area contributed by atoms with Crippen LogP contribution in [0.5, 0.6) is 0 Å². The molecule has 0 radical (unpaired) electrons. The first-order valence-electron chi connectivity index (χ1n) is 7.20. The molecule has 0 spiro atoms. The van der Waals surface area contributed by atoms with E-state index in [2.05, 4.69) is 41.2 Å². The number of aryl methyl sites for hydroxylation is 1. The topological polar surface area (TPSA) is 12.0 Å². The van der Waals surface area contributed by atoms with Gasteiger partial charge < -0.3 is 5.32 Å². The van der Waals surface area contributed by atoms with Gasteiger partial charge in [0.25, 0.3) is 0 Å². The molecule has 0 bridgehead atoms. The summed E-state index contributed by atoms with van der Waals surface area (Å²) in [5.74, 6) is 2.89. The van der Waals surface area contributed by atoms with Crippen LogP contribution in [0.1, 0.15) is 49.1 Å². The van der Waals surface area contributed by atoms with Crippen molar-refractivity contribution in [3.8, 4) is 0 Å². The van der Waals surface area contributed by atoms with E-state index < -0.39 is 0 Å². The maximum absolute atomic E-state index is 3.78. The monoisotopic (exact) mass is 327 g/mol. The Bertz CT molecular complexity index is 408. The highest BCUT2D eigenvalue weighted by Gasteiger charge is 2.46. The Morgan fingerprint density at radius 2 is 1.94 bits per heavy atom. The van der Waals surface area contributed by atoms with Gasteiger partial charge in [-0.2, -0.15) is 0 Å². The van der Waals surface area contributed by atoms with E-state index in [9.17, 15) is 0 Å². The van der Waals surface area contributed by atoms with Crippen LogP contribution in [0.25, 0.3) is 0 Å². The first kappa shape index (κ1) is 13.1. The third kappa shape index (κ3) is 2.68. The molecular formula is C15H22BrNS. The molecule has 1 nitrogen and oxygen atoms in total. The van der Waals surface area contributed by atoms with Crippen molar-refractivity contribution in [3.63, 3.8) is 0 Å². The SMILES string of the molecule is CCNC(c1cc(Br)sc1C)C(C1CC1)C1CC1. The smallest absolute Gasteiger partial charge is 0.0704 e. The van der Waals surface area contributed by atoms with Gasteiger partial charge in [-0.15, -0.1) is 11.3 Å². The minimum atomic E-state index is 0.595. The Kier molecular flexibility index (Phi) is 3.84. The molecule has 1 aromatic heterocycles. The number of nitrogens with one attached hydrogen (secondary N) is 1. The molecule has 0 amide bonds. The molecule has 18 heavy (non-hydrogen) atoms. The Balaban J connectivity index is 1.87. The fourth-order valence-corrected chi connectivity index (χ4v) is 5.09. The molecule has 1 aromatic rings. The van der Waals surface area contributed by atoms with Crippen molar-refractivity contribution in [2.45, 2.75) is 45.6 Å². The molecule has 2 saturated carbocycles. The van der Waals surface area contributed by atoms with Gasteiger partial charge in [0.15, 0.2) is 0 Å². The van der Waals surface area contributed by atoms with Gasteiger partial charge >= 0.3 is 0 Å². The lowest BCUT2D eigenvalue weighted by Gasteiger charge is -2.28. The highest BCUT2D eigenvalue weighted by atomic mass is 79.9. The summed E-state index contributed by atoms with van der Waals surface area (Å²) in [5.41, 5.74) is 1.55. The third-order valence-electron chi connectivity index (χ3n) is 4.40. The van der Waals surface area contributed by atoms with Crippen LogP contribution in [0.4, 0.5) is 0 Å². The van der Waals surface area contributed by atoms with Crippen LogP contribution < -0.4 is 5.32 Å². The van der Waals surface area contributed by atoms with Crippen molar-refractivity contribution in [3.05, 3.63) is 20.3 Å². The van der Waals surface area contributed by atoms with Crippen LogP contribution in [0.2, 0.25) is 0 Å². The van der Waals surface area contributed by atoms with Gasteiger partial charge in [-0.1, -0.05) is 6.92 Å². The van der Waals surface area contributed by atoms with E-state index in [4.69, 9.17) is 0 Å². The summed E-state index contributed by atoms with van der Waals surface area (Å²) in [6.07, 6.45) is 5.86. The number of halogens is 1. The van der Waals surface area contributed by atoms with Crippen molar-refractivity contribution in [2.75, 3.05) is 6.54 Å². The molecule has 2 fully saturated rings. The largest absolute Gasteiger partial charge is 0.310 e. The summed E-state index contributed by atoms with van der Waals surface area (Å²) in [4.78, 5) is 1.49. The van der Waals surface area contributed by atoms with Crippen molar-refractivity contribution >= 4 is 27.3 Å². The van der Waals surface area contributed by atoms with E-state index >= 15 is 0 Å². The molecule has 0 aromatic carbocycles. The minimum Gasteiger partial charge on any atom is -0.310 e. The van der Waals surface area contributed by atoms with Crippen molar-refractivity contribution in [1.29, 1.82) is 0 Å².